The number of piperidine rings is 1. The quantitative estimate of drug-likeness (QED) is 0.833. The Kier molecular flexibility index (Phi) is 5.85. The van der Waals surface area contributed by atoms with Gasteiger partial charge >= 0.3 is 0 Å². The van der Waals surface area contributed by atoms with E-state index in [2.05, 4.69) is 5.32 Å². The molecule has 2 amide bonds. The molecular weight excluding hydrogens is 298 g/mol. The van der Waals surface area contributed by atoms with Crippen molar-refractivity contribution in [2.45, 2.75) is 42.9 Å². The van der Waals surface area contributed by atoms with Crippen molar-refractivity contribution in [2.24, 2.45) is 5.73 Å². The molecule has 1 aliphatic heterocycles. The van der Waals surface area contributed by atoms with Gasteiger partial charge in [-0.2, -0.15) is 0 Å². The van der Waals surface area contributed by atoms with Crippen LogP contribution in [0.25, 0.3) is 0 Å². The SMILES string of the molecule is CC(=O)Nc1ccc(SC(C)C(=O)N2CCCC(N)C2)cc1. The number of nitrogens with zero attached hydrogens (tertiary/aromatic N) is 1. The van der Waals surface area contributed by atoms with Crippen LogP contribution in [0.15, 0.2) is 29.2 Å². The second-order valence-electron chi connectivity index (χ2n) is 5.65. The third kappa shape index (κ3) is 4.74. The van der Waals surface area contributed by atoms with E-state index >= 15 is 0 Å². The first-order chi connectivity index (χ1) is 10.5. The molecule has 0 aromatic heterocycles. The van der Waals surface area contributed by atoms with Crippen LogP contribution in [-0.2, 0) is 9.59 Å². The molecule has 1 aromatic carbocycles. The summed E-state index contributed by atoms with van der Waals surface area (Å²) in [6.45, 7) is 4.87. The van der Waals surface area contributed by atoms with Crippen LogP contribution in [0.2, 0.25) is 0 Å². The van der Waals surface area contributed by atoms with E-state index < -0.39 is 0 Å². The minimum atomic E-state index is -0.142. The van der Waals surface area contributed by atoms with Gasteiger partial charge < -0.3 is 16.0 Å². The van der Waals surface area contributed by atoms with Crippen LogP contribution in [0.1, 0.15) is 26.7 Å². The second kappa shape index (κ2) is 7.65. The molecule has 0 bridgehead atoms. The molecule has 1 aliphatic rings. The molecule has 5 nitrogen and oxygen atoms in total. The zero-order valence-electron chi connectivity index (χ0n) is 13.0. The van der Waals surface area contributed by atoms with Crippen LogP contribution < -0.4 is 11.1 Å². The molecule has 1 saturated heterocycles. The number of carbonyl (C=O) groups is 2. The van der Waals surface area contributed by atoms with Gasteiger partial charge in [0.05, 0.1) is 5.25 Å². The van der Waals surface area contributed by atoms with Gasteiger partial charge in [-0.05, 0) is 44.0 Å². The number of likely N-dealkylation sites (tertiary alicyclic amines) is 1. The summed E-state index contributed by atoms with van der Waals surface area (Å²) in [5, 5.41) is 2.59. The maximum atomic E-state index is 12.5. The van der Waals surface area contributed by atoms with Crippen molar-refractivity contribution >= 4 is 29.3 Å². The second-order valence-corrected chi connectivity index (χ2v) is 7.07. The van der Waals surface area contributed by atoms with Crippen molar-refractivity contribution in [2.75, 3.05) is 18.4 Å². The lowest BCUT2D eigenvalue weighted by molar-refractivity contribution is -0.131. The van der Waals surface area contributed by atoms with Gasteiger partial charge in [0.25, 0.3) is 0 Å². The lowest BCUT2D eigenvalue weighted by atomic mass is 10.1. The first-order valence-corrected chi connectivity index (χ1v) is 8.42. The van der Waals surface area contributed by atoms with E-state index in [0.717, 1.165) is 30.0 Å². The molecule has 2 atom stereocenters. The largest absolute Gasteiger partial charge is 0.340 e. The molecule has 1 fully saturated rings. The maximum Gasteiger partial charge on any atom is 0.235 e. The lowest BCUT2D eigenvalue weighted by Crippen LogP contribution is -2.48. The van der Waals surface area contributed by atoms with Crippen molar-refractivity contribution < 1.29 is 9.59 Å². The number of carbonyl (C=O) groups excluding carboxylic acids is 2. The van der Waals surface area contributed by atoms with E-state index in [0.29, 0.717) is 6.54 Å². The summed E-state index contributed by atoms with van der Waals surface area (Å²) >= 11 is 1.53. The Labute approximate surface area is 135 Å². The van der Waals surface area contributed by atoms with E-state index in [4.69, 9.17) is 5.73 Å². The Morgan fingerprint density at radius 2 is 2.05 bits per heavy atom. The summed E-state index contributed by atoms with van der Waals surface area (Å²) in [5.41, 5.74) is 6.70. The van der Waals surface area contributed by atoms with Crippen LogP contribution in [0.3, 0.4) is 0 Å². The van der Waals surface area contributed by atoms with Gasteiger partial charge in [-0.3, -0.25) is 9.59 Å². The number of amides is 2. The predicted octanol–water partition coefficient (Wildman–Crippen LogP) is 2.08. The predicted molar refractivity (Wildman–Crippen MR) is 89.9 cm³/mol. The van der Waals surface area contributed by atoms with Gasteiger partial charge in [-0.25, -0.2) is 0 Å². The van der Waals surface area contributed by atoms with Crippen molar-refractivity contribution in [3.8, 4) is 0 Å². The summed E-state index contributed by atoms with van der Waals surface area (Å²) in [5.74, 6) is 0.0523. The zero-order chi connectivity index (χ0) is 16.1. The van der Waals surface area contributed by atoms with Gasteiger partial charge in [0.1, 0.15) is 0 Å². The monoisotopic (exact) mass is 321 g/mol. The normalized spacial score (nSPS) is 19.6. The topological polar surface area (TPSA) is 75.4 Å². The van der Waals surface area contributed by atoms with Crippen LogP contribution in [-0.4, -0.2) is 41.1 Å². The number of hydrogen-bond acceptors (Lipinski definition) is 4. The van der Waals surface area contributed by atoms with E-state index in [9.17, 15) is 9.59 Å². The highest BCUT2D eigenvalue weighted by Crippen LogP contribution is 2.26. The Morgan fingerprint density at radius 1 is 1.36 bits per heavy atom. The van der Waals surface area contributed by atoms with Crippen molar-refractivity contribution in [1.29, 1.82) is 0 Å². The summed E-state index contributed by atoms with van der Waals surface area (Å²) in [6, 6.07) is 7.63. The summed E-state index contributed by atoms with van der Waals surface area (Å²) in [7, 11) is 0. The Morgan fingerprint density at radius 3 is 2.64 bits per heavy atom. The van der Waals surface area contributed by atoms with Crippen molar-refractivity contribution in [1.82, 2.24) is 4.90 Å². The third-order valence-electron chi connectivity index (χ3n) is 3.60. The van der Waals surface area contributed by atoms with Gasteiger partial charge in [-0.15, -0.1) is 11.8 Å². The molecule has 120 valence electrons. The fourth-order valence-corrected chi connectivity index (χ4v) is 3.49. The molecular formula is C16H23N3O2S. The standard InChI is InChI=1S/C16H23N3O2S/c1-11(16(21)19-9-3-4-13(17)10-19)22-15-7-5-14(6-8-15)18-12(2)20/h5-8,11,13H,3-4,9-10,17H2,1-2H3,(H,18,20). The molecule has 6 heteroatoms. The highest BCUT2D eigenvalue weighted by Gasteiger charge is 2.25. The molecule has 0 aliphatic carbocycles. The molecule has 0 saturated carbocycles. The van der Waals surface area contributed by atoms with Gasteiger partial charge in [0, 0.05) is 36.6 Å². The first kappa shape index (κ1) is 16.8. The summed E-state index contributed by atoms with van der Waals surface area (Å²) in [6.07, 6.45) is 1.98. The molecule has 0 spiro atoms. The highest BCUT2D eigenvalue weighted by molar-refractivity contribution is 8.00. The van der Waals surface area contributed by atoms with E-state index in [1.54, 1.807) is 0 Å². The minimum Gasteiger partial charge on any atom is -0.340 e. The van der Waals surface area contributed by atoms with E-state index in [1.807, 2.05) is 36.1 Å². The smallest absolute Gasteiger partial charge is 0.235 e. The van der Waals surface area contributed by atoms with Crippen LogP contribution in [0.4, 0.5) is 5.69 Å². The number of nitrogens with one attached hydrogen (secondary N) is 1. The maximum absolute atomic E-state index is 12.5. The van der Waals surface area contributed by atoms with Gasteiger partial charge in [-0.1, -0.05) is 0 Å². The number of nitrogens with two attached hydrogens (primary N) is 1. The van der Waals surface area contributed by atoms with Crippen molar-refractivity contribution in [3.05, 3.63) is 24.3 Å². The third-order valence-corrected chi connectivity index (χ3v) is 4.70. The highest BCUT2D eigenvalue weighted by atomic mass is 32.2. The van der Waals surface area contributed by atoms with E-state index in [1.165, 1.54) is 18.7 Å². The van der Waals surface area contributed by atoms with Crippen LogP contribution in [0, 0.1) is 0 Å². The van der Waals surface area contributed by atoms with Crippen LogP contribution >= 0.6 is 11.8 Å². The number of rotatable bonds is 4. The number of benzene rings is 1. The fourth-order valence-electron chi connectivity index (χ4n) is 2.54. The molecule has 3 N–H and O–H groups in total. The Balaban J connectivity index is 1.91. The number of hydrogen-bond donors (Lipinski definition) is 2. The van der Waals surface area contributed by atoms with Crippen LogP contribution in [0.5, 0.6) is 0 Å². The number of anilines is 1. The summed E-state index contributed by atoms with van der Waals surface area (Å²) in [4.78, 5) is 26.3. The molecule has 22 heavy (non-hydrogen) atoms. The molecule has 2 unspecified atom stereocenters. The minimum absolute atomic E-state index is 0.0922. The fraction of sp³-hybridized carbons (Fsp3) is 0.500. The average Bonchev–Trinajstić information content (AvgIpc) is 2.48. The molecule has 0 radical (unpaired) electrons. The Hall–Kier alpha value is -1.53. The lowest BCUT2D eigenvalue weighted by Gasteiger charge is -2.32. The molecule has 2 rings (SSSR count). The van der Waals surface area contributed by atoms with Gasteiger partial charge in [0.15, 0.2) is 0 Å². The molecule has 1 heterocycles. The summed E-state index contributed by atoms with van der Waals surface area (Å²) < 4.78 is 0. The first-order valence-electron chi connectivity index (χ1n) is 7.54. The average molecular weight is 321 g/mol. The van der Waals surface area contributed by atoms with Crippen molar-refractivity contribution in [3.63, 3.8) is 0 Å². The number of thioether (sulfide) groups is 1. The van der Waals surface area contributed by atoms with E-state index in [-0.39, 0.29) is 23.1 Å². The Bertz CT molecular complexity index is 533. The zero-order valence-corrected chi connectivity index (χ0v) is 13.9. The molecule has 1 aromatic rings. The van der Waals surface area contributed by atoms with Gasteiger partial charge in [0.2, 0.25) is 11.8 Å².